The van der Waals surface area contributed by atoms with Crippen molar-refractivity contribution in [2.24, 2.45) is 0 Å². The lowest BCUT2D eigenvalue weighted by molar-refractivity contribution is 0.0953. The SMILES string of the molecule is CC1CCCCN1CCCNC(=O)c1ccc(-c2ccc3c(c2)OCCO3)s1. The van der Waals surface area contributed by atoms with Gasteiger partial charge in [-0.2, -0.15) is 0 Å². The van der Waals surface area contributed by atoms with E-state index in [0.29, 0.717) is 19.3 Å². The topological polar surface area (TPSA) is 50.8 Å². The number of likely N-dealkylation sites (tertiary alicyclic amines) is 1. The molecule has 2 aliphatic heterocycles. The Hall–Kier alpha value is -2.05. The molecular formula is C22H28N2O3S. The lowest BCUT2D eigenvalue weighted by Crippen LogP contribution is -2.39. The van der Waals surface area contributed by atoms with Crippen molar-refractivity contribution in [1.82, 2.24) is 10.2 Å². The maximum absolute atomic E-state index is 12.5. The van der Waals surface area contributed by atoms with Crippen LogP contribution in [0.2, 0.25) is 0 Å². The number of carbonyl (C=O) groups excluding carboxylic acids is 1. The molecule has 1 atom stereocenters. The molecule has 0 aliphatic carbocycles. The zero-order valence-electron chi connectivity index (χ0n) is 16.4. The Labute approximate surface area is 170 Å². The molecule has 1 aromatic carbocycles. The highest BCUT2D eigenvalue weighted by molar-refractivity contribution is 7.17. The van der Waals surface area contributed by atoms with E-state index in [1.165, 1.54) is 37.1 Å². The van der Waals surface area contributed by atoms with Gasteiger partial charge in [-0.25, -0.2) is 0 Å². The first-order valence-electron chi connectivity index (χ1n) is 10.2. The van der Waals surface area contributed by atoms with Crippen molar-refractivity contribution in [2.45, 2.75) is 38.6 Å². The van der Waals surface area contributed by atoms with Crippen LogP contribution >= 0.6 is 11.3 Å². The summed E-state index contributed by atoms with van der Waals surface area (Å²) in [5, 5.41) is 3.07. The van der Waals surface area contributed by atoms with Gasteiger partial charge in [0, 0.05) is 24.0 Å². The number of thiophene rings is 1. The molecule has 0 bridgehead atoms. The second kappa shape index (κ2) is 8.97. The van der Waals surface area contributed by atoms with E-state index in [1.807, 2.05) is 30.3 Å². The molecule has 150 valence electrons. The highest BCUT2D eigenvalue weighted by Crippen LogP contribution is 2.36. The van der Waals surface area contributed by atoms with E-state index in [2.05, 4.69) is 17.1 Å². The van der Waals surface area contributed by atoms with Crippen LogP contribution in [-0.4, -0.2) is 49.7 Å². The van der Waals surface area contributed by atoms with Crippen LogP contribution in [0.1, 0.15) is 42.3 Å². The molecule has 0 radical (unpaired) electrons. The van der Waals surface area contributed by atoms with Crippen molar-refractivity contribution >= 4 is 17.2 Å². The van der Waals surface area contributed by atoms with Gasteiger partial charge in [-0.3, -0.25) is 4.79 Å². The summed E-state index contributed by atoms with van der Waals surface area (Å²) in [7, 11) is 0. The minimum atomic E-state index is 0.0143. The summed E-state index contributed by atoms with van der Waals surface area (Å²) in [4.78, 5) is 16.8. The number of hydrogen-bond acceptors (Lipinski definition) is 5. The van der Waals surface area contributed by atoms with E-state index in [-0.39, 0.29) is 5.91 Å². The van der Waals surface area contributed by atoms with Crippen molar-refractivity contribution in [1.29, 1.82) is 0 Å². The van der Waals surface area contributed by atoms with Crippen LogP contribution in [0.4, 0.5) is 0 Å². The van der Waals surface area contributed by atoms with Crippen molar-refractivity contribution in [3.63, 3.8) is 0 Å². The molecule has 1 fully saturated rings. The van der Waals surface area contributed by atoms with Crippen molar-refractivity contribution in [3.8, 4) is 21.9 Å². The molecule has 1 aromatic heterocycles. The van der Waals surface area contributed by atoms with Crippen LogP contribution in [0.15, 0.2) is 30.3 Å². The second-order valence-corrected chi connectivity index (χ2v) is 8.60. The number of nitrogens with zero attached hydrogens (tertiary/aromatic N) is 1. The summed E-state index contributed by atoms with van der Waals surface area (Å²) in [6.07, 6.45) is 4.94. The van der Waals surface area contributed by atoms with Crippen molar-refractivity contribution in [2.75, 3.05) is 32.8 Å². The maximum atomic E-state index is 12.5. The Bertz CT molecular complexity index is 820. The van der Waals surface area contributed by atoms with Gasteiger partial charge < -0.3 is 19.7 Å². The van der Waals surface area contributed by atoms with E-state index in [4.69, 9.17) is 9.47 Å². The fraction of sp³-hybridized carbons (Fsp3) is 0.500. The molecule has 1 N–H and O–H groups in total. The minimum Gasteiger partial charge on any atom is -0.486 e. The number of amides is 1. The molecule has 28 heavy (non-hydrogen) atoms. The van der Waals surface area contributed by atoms with Gasteiger partial charge in [-0.1, -0.05) is 6.42 Å². The Kier molecular flexibility index (Phi) is 6.17. The van der Waals surface area contributed by atoms with Crippen LogP contribution in [0.5, 0.6) is 11.5 Å². The molecule has 2 aliphatic rings. The van der Waals surface area contributed by atoms with Gasteiger partial charge in [-0.15, -0.1) is 11.3 Å². The number of fused-ring (bicyclic) bond motifs is 1. The van der Waals surface area contributed by atoms with Gasteiger partial charge in [0.1, 0.15) is 13.2 Å². The van der Waals surface area contributed by atoms with E-state index < -0.39 is 0 Å². The largest absolute Gasteiger partial charge is 0.486 e. The Morgan fingerprint density at radius 1 is 1.18 bits per heavy atom. The first kappa shape index (κ1) is 19.3. The Morgan fingerprint density at radius 2 is 2.04 bits per heavy atom. The molecule has 4 rings (SSSR count). The van der Waals surface area contributed by atoms with E-state index in [9.17, 15) is 4.79 Å². The zero-order valence-corrected chi connectivity index (χ0v) is 17.2. The number of carbonyl (C=O) groups is 1. The van der Waals surface area contributed by atoms with E-state index >= 15 is 0 Å². The summed E-state index contributed by atoms with van der Waals surface area (Å²) in [6, 6.07) is 10.5. The van der Waals surface area contributed by atoms with Gasteiger partial charge in [0.15, 0.2) is 11.5 Å². The summed E-state index contributed by atoms with van der Waals surface area (Å²) in [5.41, 5.74) is 1.05. The maximum Gasteiger partial charge on any atom is 0.261 e. The number of piperidine rings is 1. The molecule has 1 amide bonds. The van der Waals surface area contributed by atoms with Gasteiger partial charge >= 0.3 is 0 Å². The number of rotatable bonds is 6. The molecule has 3 heterocycles. The Morgan fingerprint density at radius 3 is 2.89 bits per heavy atom. The summed E-state index contributed by atoms with van der Waals surface area (Å²) < 4.78 is 11.2. The first-order chi connectivity index (χ1) is 13.7. The predicted molar refractivity (Wildman–Crippen MR) is 113 cm³/mol. The predicted octanol–water partition coefficient (Wildman–Crippen LogP) is 4.18. The number of nitrogens with one attached hydrogen (secondary N) is 1. The van der Waals surface area contributed by atoms with Gasteiger partial charge in [-0.05, 0) is 68.6 Å². The highest BCUT2D eigenvalue weighted by atomic mass is 32.1. The third-order valence-corrected chi connectivity index (χ3v) is 6.64. The van der Waals surface area contributed by atoms with Crippen molar-refractivity contribution in [3.05, 3.63) is 35.2 Å². The molecule has 0 spiro atoms. The minimum absolute atomic E-state index is 0.0143. The third kappa shape index (κ3) is 4.50. The lowest BCUT2D eigenvalue weighted by atomic mass is 10.0. The summed E-state index contributed by atoms with van der Waals surface area (Å²) in [5.74, 6) is 1.57. The number of hydrogen-bond donors (Lipinski definition) is 1. The highest BCUT2D eigenvalue weighted by Gasteiger charge is 2.18. The fourth-order valence-electron chi connectivity index (χ4n) is 3.87. The average Bonchev–Trinajstić information content (AvgIpc) is 3.22. The van der Waals surface area contributed by atoms with E-state index in [1.54, 1.807) is 0 Å². The summed E-state index contributed by atoms with van der Waals surface area (Å²) in [6.45, 7) is 6.45. The van der Waals surface area contributed by atoms with Gasteiger partial charge in [0.2, 0.25) is 0 Å². The van der Waals surface area contributed by atoms with Gasteiger partial charge in [0.25, 0.3) is 5.91 Å². The van der Waals surface area contributed by atoms with Gasteiger partial charge in [0.05, 0.1) is 4.88 Å². The van der Waals surface area contributed by atoms with Crippen LogP contribution in [0.25, 0.3) is 10.4 Å². The molecule has 2 aromatic rings. The van der Waals surface area contributed by atoms with E-state index in [0.717, 1.165) is 46.3 Å². The normalized spacial score (nSPS) is 19.4. The quantitative estimate of drug-likeness (QED) is 0.739. The summed E-state index contributed by atoms with van der Waals surface area (Å²) >= 11 is 1.51. The first-order valence-corrected chi connectivity index (χ1v) is 11.0. The fourth-order valence-corrected chi connectivity index (χ4v) is 4.79. The molecule has 1 unspecified atom stereocenters. The lowest BCUT2D eigenvalue weighted by Gasteiger charge is -2.33. The number of ether oxygens (including phenoxy) is 2. The van der Waals surface area contributed by atoms with Crippen LogP contribution in [-0.2, 0) is 0 Å². The molecular weight excluding hydrogens is 372 g/mol. The smallest absolute Gasteiger partial charge is 0.261 e. The molecule has 6 heteroatoms. The molecule has 5 nitrogen and oxygen atoms in total. The van der Waals surface area contributed by atoms with Crippen LogP contribution in [0.3, 0.4) is 0 Å². The van der Waals surface area contributed by atoms with Crippen LogP contribution < -0.4 is 14.8 Å². The number of benzene rings is 1. The van der Waals surface area contributed by atoms with Crippen molar-refractivity contribution < 1.29 is 14.3 Å². The van der Waals surface area contributed by atoms with Crippen LogP contribution in [0, 0.1) is 0 Å². The monoisotopic (exact) mass is 400 g/mol. The molecule has 0 saturated carbocycles. The zero-order chi connectivity index (χ0) is 19.3. The molecule has 1 saturated heterocycles. The Balaban J connectivity index is 1.29. The second-order valence-electron chi connectivity index (χ2n) is 7.51. The third-order valence-electron chi connectivity index (χ3n) is 5.50. The average molecular weight is 401 g/mol. The standard InChI is InChI=1S/C22H28N2O3S/c1-16-5-2-3-11-24(16)12-4-10-23-22(25)21-9-8-20(28-21)17-6-7-18-19(15-17)27-14-13-26-18/h6-9,15-16H,2-5,10-14H2,1H3,(H,23,25).